The predicted octanol–water partition coefficient (Wildman–Crippen LogP) is 2.85. The minimum atomic E-state index is -3.63. The first kappa shape index (κ1) is 21.5. The van der Waals surface area contributed by atoms with Gasteiger partial charge in [0.05, 0.1) is 25.7 Å². The maximum Gasteiger partial charge on any atom is 0.264 e. The molecule has 0 spiro atoms. The first-order valence-corrected chi connectivity index (χ1v) is 13.5. The quantitative estimate of drug-likeness (QED) is 0.575. The van der Waals surface area contributed by atoms with Gasteiger partial charge in [-0.1, -0.05) is 60.7 Å². The third kappa shape index (κ3) is 3.39. The smallest absolute Gasteiger partial charge is 0.264 e. The van der Waals surface area contributed by atoms with Gasteiger partial charge in [0, 0.05) is 22.7 Å². The van der Waals surface area contributed by atoms with Gasteiger partial charge in [0.25, 0.3) is 20.2 Å². The summed E-state index contributed by atoms with van der Waals surface area (Å²) in [5.41, 5.74) is 1.59. The van der Waals surface area contributed by atoms with Crippen LogP contribution in [0.1, 0.15) is 24.0 Å². The molecule has 0 unspecified atom stereocenters. The van der Waals surface area contributed by atoms with Crippen molar-refractivity contribution in [1.29, 1.82) is 0 Å². The zero-order valence-corrected chi connectivity index (χ0v) is 18.7. The van der Waals surface area contributed by atoms with E-state index in [1.54, 1.807) is 0 Å². The van der Waals surface area contributed by atoms with Gasteiger partial charge in [-0.25, -0.2) is 0 Å². The molecule has 2 aromatic rings. The highest BCUT2D eigenvalue weighted by molar-refractivity contribution is 7.86. The lowest BCUT2D eigenvalue weighted by molar-refractivity contribution is -0.192. The second-order valence-electron chi connectivity index (χ2n) is 8.37. The fourth-order valence-electron chi connectivity index (χ4n) is 5.90. The van der Waals surface area contributed by atoms with Crippen LogP contribution < -0.4 is 0 Å². The summed E-state index contributed by atoms with van der Waals surface area (Å²) >= 11 is 0. The van der Waals surface area contributed by atoms with E-state index >= 15 is 0 Å². The molecule has 2 aromatic carbocycles. The van der Waals surface area contributed by atoms with E-state index in [9.17, 15) is 16.8 Å². The maximum absolute atomic E-state index is 11.7. The van der Waals surface area contributed by atoms with E-state index in [1.165, 1.54) is 0 Å². The highest BCUT2D eigenvalue weighted by Gasteiger charge is 2.77. The molecule has 0 bridgehead atoms. The van der Waals surface area contributed by atoms with Crippen LogP contribution in [0.3, 0.4) is 0 Å². The van der Waals surface area contributed by atoms with E-state index < -0.39 is 20.2 Å². The molecule has 8 heteroatoms. The van der Waals surface area contributed by atoms with E-state index in [1.807, 2.05) is 36.4 Å². The van der Waals surface area contributed by atoms with Crippen molar-refractivity contribution in [2.45, 2.75) is 23.7 Å². The van der Waals surface area contributed by atoms with Gasteiger partial charge < -0.3 is 0 Å². The third-order valence-corrected chi connectivity index (χ3v) is 8.09. The molecule has 0 heterocycles. The lowest BCUT2D eigenvalue weighted by Crippen LogP contribution is -2.78. The molecule has 2 aliphatic carbocycles. The van der Waals surface area contributed by atoms with E-state index in [0.717, 1.165) is 36.5 Å². The number of benzene rings is 2. The molecule has 4 rings (SSSR count). The van der Waals surface area contributed by atoms with Crippen molar-refractivity contribution < 1.29 is 25.2 Å². The molecule has 6 nitrogen and oxygen atoms in total. The van der Waals surface area contributed by atoms with Gasteiger partial charge in [0.1, 0.15) is 0 Å². The van der Waals surface area contributed by atoms with Crippen LogP contribution in [0.5, 0.6) is 0 Å². The fraction of sp³-hybridized carbons (Fsp3) is 0.455. The van der Waals surface area contributed by atoms with Gasteiger partial charge in [0.15, 0.2) is 0 Å². The molecule has 4 atom stereocenters. The van der Waals surface area contributed by atoms with Crippen molar-refractivity contribution >= 4 is 20.2 Å². The van der Waals surface area contributed by atoms with Gasteiger partial charge in [0.2, 0.25) is 0 Å². The van der Waals surface area contributed by atoms with Crippen molar-refractivity contribution in [3.63, 3.8) is 0 Å². The maximum atomic E-state index is 11.7. The number of hydrogen-bond donors (Lipinski definition) is 0. The summed E-state index contributed by atoms with van der Waals surface area (Å²) in [6, 6.07) is 20.1. The Balaban J connectivity index is 1.81. The van der Waals surface area contributed by atoms with E-state index in [2.05, 4.69) is 24.3 Å². The summed E-state index contributed by atoms with van der Waals surface area (Å²) in [7, 11) is -7.26. The monoisotopic (exact) mass is 450 g/mol. The molecule has 2 aliphatic rings. The van der Waals surface area contributed by atoms with Crippen molar-refractivity contribution in [3.8, 4) is 0 Å². The summed E-state index contributed by atoms with van der Waals surface area (Å²) in [4.78, 5) is 0. The second kappa shape index (κ2) is 7.44. The van der Waals surface area contributed by atoms with Crippen LogP contribution in [0.15, 0.2) is 60.7 Å². The summed E-state index contributed by atoms with van der Waals surface area (Å²) in [5.74, 6) is -0.379. The molecule has 0 radical (unpaired) electrons. The molecule has 162 valence electrons. The van der Waals surface area contributed by atoms with Gasteiger partial charge >= 0.3 is 0 Å². The average Bonchev–Trinajstić information content (AvgIpc) is 2.67. The second-order valence-corrected chi connectivity index (χ2v) is 11.7. The highest BCUT2D eigenvalue weighted by atomic mass is 32.2. The van der Waals surface area contributed by atoms with E-state index in [4.69, 9.17) is 8.37 Å². The van der Waals surface area contributed by atoms with Gasteiger partial charge in [-0.3, -0.25) is 8.37 Å². The van der Waals surface area contributed by atoms with E-state index in [-0.39, 0.29) is 35.9 Å². The Morgan fingerprint density at radius 3 is 1.30 bits per heavy atom. The van der Waals surface area contributed by atoms with Crippen LogP contribution in [0.25, 0.3) is 0 Å². The Bertz CT molecular complexity index is 1020. The number of hydrogen-bond acceptors (Lipinski definition) is 6. The Morgan fingerprint density at radius 1 is 0.700 bits per heavy atom. The first-order valence-electron chi connectivity index (χ1n) is 9.90. The summed E-state index contributed by atoms with van der Waals surface area (Å²) in [6.45, 7) is 0.000198. The Morgan fingerprint density at radius 2 is 1.03 bits per heavy atom. The molecular formula is C22H26O6S2. The average molecular weight is 451 g/mol. The number of rotatable bonds is 8. The fourth-order valence-corrected chi connectivity index (χ4v) is 6.69. The van der Waals surface area contributed by atoms with E-state index in [0.29, 0.717) is 0 Å². The zero-order chi connectivity index (χ0) is 21.6. The molecule has 0 amide bonds. The van der Waals surface area contributed by atoms with Crippen molar-refractivity contribution in [2.24, 2.45) is 11.8 Å². The SMILES string of the molecule is CS(=O)(=O)OC[C@H]1[C@H](COS(C)(=O)=O)[C@]2(c3ccccc3)CC[C@]12c1ccccc1. The van der Waals surface area contributed by atoms with Gasteiger partial charge in [-0.15, -0.1) is 0 Å². The Hall–Kier alpha value is -1.74. The van der Waals surface area contributed by atoms with Crippen molar-refractivity contribution in [1.82, 2.24) is 0 Å². The van der Waals surface area contributed by atoms with Crippen molar-refractivity contribution in [2.75, 3.05) is 25.7 Å². The van der Waals surface area contributed by atoms with Crippen LogP contribution in [0.4, 0.5) is 0 Å². The molecule has 0 saturated heterocycles. The van der Waals surface area contributed by atoms with Crippen LogP contribution in [0, 0.1) is 11.8 Å². The minimum Gasteiger partial charge on any atom is -0.270 e. The molecule has 0 N–H and O–H groups in total. The number of fused-ring (bicyclic) bond motifs is 1. The zero-order valence-electron chi connectivity index (χ0n) is 17.0. The normalized spacial score (nSPS) is 30.7. The summed E-state index contributed by atoms with van der Waals surface area (Å²) in [6.07, 6.45) is 3.82. The summed E-state index contributed by atoms with van der Waals surface area (Å²) < 4.78 is 57.5. The molecule has 2 fully saturated rings. The predicted molar refractivity (Wildman–Crippen MR) is 114 cm³/mol. The van der Waals surface area contributed by atoms with Crippen LogP contribution >= 0.6 is 0 Å². The Kier molecular flexibility index (Phi) is 5.33. The van der Waals surface area contributed by atoms with Crippen LogP contribution in [-0.2, 0) is 39.4 Å². The molecule has 0 aliphatic heterocycles. The van der Waals surface area contributed by atoms with Gasteiger partial charge in [-0.2, -0.15) is 16.8 Å². The topological polar surface area (TPSA) is 86.7 Å². The Labute approximate surface area is 178 Å². The lowest BCUT2D eigenvalue weighted by atomic mass is 9.26. The van der Waals surface area contributed by atoms with Crippen molar-refractivity contribution in [3.05, 3.63) is 71.8 Å². The third-order valence-electron chi connectivity index (χ3n) is 6.96. The minimum absolute atomic E-state index is 0.0000990. The van der Waals surface area contributed by atoms with Crippen LogP contribution in [-0.4, -0.2) is 42.6 Å². The largest absolute Gasteiger partial charge is 0.270 e. The standard InChI is InChI=1S/C22H26O6S2/c1-29(23,24)27-15-19-20(16-28-30(2,25)26)22(18-11-7-4-8-12-18)14-13-21(19,22)17-9-5-3-6-10-17/h3-12,19-20H,13-16H2,1-2H3/t19-,20-,21-,22+/m0/s1. The molecule has 2 saturated carbocycles. The first-order chi connectivity index (χ1) is 14.1. The molecule has 30 heavy (non-hydrogen) atoms. The summed E-state index contributed by atoms with van der Waals surface area (Å²) in [5, 5.41) is 0. The van der Waals surface area contributed by atoms with Gasteiger partial charge in [-0.05, 0) is 24.0 Å². The molecular weight excluding hydrogens is 424 g/mol. The highest BCUT2D eigenvalue weighted by Crippen LogP contribution is 2.76. The molecule has 0 aromatic heterocycles. The van der Waals surface area contributed by atoms with Crippen LogP contribution in [0.2, 0.25) is 0 Å². The lowest BCUT2D eigenvalue weighted by Gasteiger charge is -2.77.